The maximum Gasteiger partial charge on any atom is 0.213 e. The third-order valence-electron chi connectivity index (χ3n) is 5.37. The van der Waals surface area contributed by atoms with E-state index in [1.165, 1.54) is 12.8 Å². The summed E-state index contributed by atoms with van der Waals surface area (Å²) in [5.41, 5.74) is 0.428. The lowest BCUT2D eigenvalue weighted by Gasteiger charge is -2.35. The van der Waals surface area contributed by atoms with Crippen LogP contribution in [0, 0.1) is 5.41 Å². The Bertz CT molecular complexity index is 547. The van der Waals surface area contributed by atoms with Gasteiger partial charge in [-0.15, -0.1) is 0 Å². The molecule has 1 saturated heterocycles. The van der Waals surface area contributed by atoms with E-state index in [1.54, 1.807) is 7.05 Å². The molecule has 1 aliphatic heterocycles. The molecule has 8 heteroatoms. The van der Waals surface area contributed by atoms with E-state index in [2.05, 4.69) is 34.2 Å². The number of sulfonamides is 1. The zero-order chi connectivity index (χ0) is 19.0. The first-order valence-electron chi connectivity index (χ1n) is 9.86. The minimum absolute atomic E-state index is 0.0106. The van der Waals surface area contributed by atoms with E-state index in [0.29, 0.717) is 30.5 Å². The minimum Gasteiger partial charge on any atom is -0.377 e. The standard InChI is InChI=1S/C18H36N4O3S/c1-18(2)9-7-15(8-10-18)22-17(19-3)20-11-13-26(23,24)21-14-16-6-4-5-12-25-16/h15-16,21H,4-14H2,1-3H3,(H2,19,20,22). The second kappa shape index (κ2) is 9.90. The summed E-state index contributed by atoms with van der Waals surface area (Å²) in [6.07, 6.45) is 7.74. The first kappa shape index (κ1) is 21.4. The molecule has 2 rings (SSSR count). The van der Waals surface area contributed by atoms with E-state index in [1.807, 2.05) is 0 Å². The largest absolute Gasteiger partial charge is 0.377 e. The zero-order valence-electron chi connectivity index (χ0n) is 16.5. The number of guanidine groups is 1. The Morgan fingerprint density at radius 3 is 2.54 bits per heavy atom. The number of nitrogens with zero attached hydrogens (tertiary/aromatic N) is 1. The Labute approximate surface area is 158 Å². The van der Waals surface area contributed by atoms with Crippen molar-refractivity contribution in [1.29, 1.82) is 0 Å². The van der Waals surface area contributed by atoms with Crippen LogP contribution in [-0.2, 0) is 14.8 Å². The van der Waals surface area contributed by atoms with Crippen LogP contribution in [0.1, 0.15) is 58.8 Å². The number of nitrogens with one attached hydrogen (secondary N) is 3. The molecular weight excluding hydrogens is 352 g/mol. The molecule has 0 spiro atoms. The zero-order valence-corrected chi connectivity index (χ0v) is 17.3. The van der Waals surface area contributed by atoms with Gasteiger partial charge in [0.25, 0.3) is 0 Å². The molecule has 1 atom stereocenters. The molecule has 2 aliphatic rings. The average Bonchev–Trinajstić information content (AvgIpc) is 2.61. The Morgan fingerprint density at radius 1 is 1.19 bits per heavy atom. The lowest BCUT2D eigenvalue weighted by molar-refractivity contribution is 0.0200. The summed E-state index contributed by atoms with van der Waals surface area (Å²) in [7, 11) is -1.59. The second-order valence-corrected chi connectivity index (χ2v) is 10.2. The molecule has 0 aromatic rings. The third-order valence-corrected chi connectivity index (χ3v) is 6.72. The molecule has 1 saturated carbocycles. The Morgan fingerprint density at radius 2 is 1.92 bits per heavy atom. The van der Waals surface area contributed by atoms with Gasteiger partial charge in [-0.2, -0.15) is 0 Å². The summed E-state index contributed by atoms with van der Waals surface area (Å²) in [5, 5.41) is 6.54. The van der Waals surface area contributed by atoms with Crippen molar-refractivity contribution in [2.45, 2.75) is 70.9 Å². The highest BCUT2D eigenvalue weighted by atomic mass is 32.2. The van der Waals surface area contributed by atoms with Crippen molar-refractivity contribution in [1.82, 2.24) is 15.4 Å². The van der Waals surface area contributed by atoms with Gasteiger partial charge in [-0.3, -0.25) is 4.99 Å². The molecule has 0 amide bonds. The maximum absolute atomic E-state index is 12.1. The molecular formula is C18H36N4O3S. The number of rotatable bonds is 7. The van der Waals surface area contributed by atoms with Crippen LogP contribution in [0.15, 0.2) is 4.99 Å². The van der Waals surface area contributed by atoms with Crippen molar-refractivity contribution in [3.8, 4) is 0 Å². The van der Waals surface area contributed by atoms with E-state index in [-0.39, 0.29) is 11.9 Å². The first-order valence-corrected chi connectivity index (χ1v) is 11.5. The fourth-order valence-corrected chi connectivity index (χ4v) is 4.45. The van der Waals surface area contributed by atoms with Crippen molar-refractivity contribution in [3.63, 3.8) is 0 Å². The lowest BCUT2D eigenvalue weighted by atomic mass is 9.75. The smallest absolute Gasteiger partial charge is 0.213 e. The van der Waals surface area contributed by atoms with E-state index < -0.39 is 10.0 Å². The van der Waals surface area contributed by atoms with E-state index in [9.17, 15) is 8.42 Å². The predicted octanol–water partition coefficient (Wildman–Crippen LogP) is 1.61. The molecule has 3 N–H and O–H groups in total. The molecule has 0 radical (unpaired) electrons. The van der Waals surface area contributed by atoms with Crippen LogP contribution in [0.5, 0.6) is 0 Å². The summed E-state index contributed by atoms with van der Waals surface area (Å²) in [6.45, 7) is 6.05. The van der Waals surface area contributed by atoms with E-state index in [0.717, 1.165) is 38.7 Å². The van der Waals surface area contributed by atoms with Crippen molar-refractivity contribution in [3.05, 3.63) is 0 Å². The van der Waals surface area contributed by atoms with Crippen LogP contribution in [0.25, 0.3) is 0 Å². The molecule has 152 valence electrons. The summed E-state index contributed by atoms with van der Waals surface area (Å²) >= 11 is 0. The molecule has 7 nitrogen and oxygen atoms in total. The Kier molecular flexibility index (Phi) is 8.16. The van der Waals surface area contributed by atoms with Gasteiger partial charge in [-0.25, -0.2) is 13.1 Å². The number of hydrogen-bond donors (Lipinski definition) is 3. The molecule has 2 fully saturated rings. The van der Waals surface area contributed by atoms with Crippen LogP contribution in [0.2, 0.25) is 0 Å². The quantitative estimate of drug-likeness (QED) is 0.455. The maximum atomic E-state index is 12.1. The summed E-state index contributed by atoms with van der Waals surface area (Å²) in [5.74, 6) is 0.707. The molecule has 1 unspecified atom stereocenters. The Balaban J connectivity index is 1.66. The van der Waals surface area contributed by atoms with Crippen LogP contribution in [0.3, 0.4) is 0 Å². The molecule has 1 aliphatic carbocycles. The van der Waals surface area contributed by atoms with Gasteiger partial charge in [0.1, 0.15) is 0 Å². The highest BCUT2D eigenvalue weighted by Crippen LogP contribution is 2.34. The number of hydrogen-bond acceptors (Lipinski definition) is 4. The SMILES string of the molecule is CN=C(NCCS(=O)(=O)NCC1CCCCO1)NC1CCC(C)(C)CC1. The number of aliphatic imine (C=N–C) groups is 1. The second-order valence-electron chi connectivity index (χ2n) is 8.24. The Hall–Kier alpha value is -0.860. The van der Waals surface area contributed by atoms with Gasteiger partial charge < -0.3 is 15.4 Å². The molecule has 0 bridgehead atoms. The molecule has 1 heterocycles. The van der Waals surface area contributed by atoms with Crippen LogP contribution in [-0.4, -0.2) is 59.0 Å². The van der Waals surface area contributed by atoms with Crippen molar-refractivity contribution < 1.29 is 13.2 Å². The topological polar surface area (TPSA) is 91.8 Å². The van der Waals surface area contributed by atoms with Gasteiger partial charge in [-0.05, 0) is 50.4 Å². The van der Waals surface area contributed by atoms with Gasteiger partial charge in [0.15, 0.2) is 5.96 Å². The first-order chi connectivity index (χ1) is 12.3. The third kappa shape index (κ3) is 7.80. The van der Waals surface area contributed by atoms with Crippen molar-refractivity contribution in [2.24, 2.45) is 10.4 Å². The van der Waals surface area contributed by atoms with Crippen LogP contribution in [0.4, 0.5) is 0 Å². The molecule has 26 heavy (non-hydrogen) atoms. The van der Waals surface area contributed by atoms with Crippen molar-refractivity contribution >= 4 is 16.0 Å². The highest BCUT2D eigenvalue weighted by Gasteiger charge is 2.27. The average molecular weight is 389 g/mol. The monoisotopic (exact) mass is 388 g/mol. The summed E-state index contributed by atoms with van der Waals surface area (Å²) < 4.78 is 32.5. The minimum atomic E-state index is -3.31. The van der Waals surface area contributed by atoms with Gasteiger partial charge in [-0.1, -0.05) is 13.8 Å². The van der Waals surface area contributed by atoms with E-state index in [4.69, 9.17) is 4.74 Å². The molecule has 0 aromatic heterocycles. The fourth-order valence-electron chi connectivity index (χ4n) is 3.50. The van der Waals surface area contributed by atoms with Crippen molar-refractivity contribution in [2.75, 3.05) is 32.5 Å². The van der Waals surface area contributed by atoms with Gasteiger partial charge in [0.2, 0.25) is 10.0 Å². The van der Waals surface area contributed by atoms with E-state index >= 15 is 0 Å². The molecule has 0 aromatic carbocycles. The summed E-state index contributed by atoms with van der Waals surface area (Å²) in [4.78, 5) is 4.22. The lowest BCUT2D eigenvalue weighted by Crippen LogP contribution is -2.47. The van der Waals surface area contributed by atoms with Crippen LogP contribution < -0.4 is 15.4 Å². The highest BCUT2D eigenvalue weighted by molar-refractivity contribution is 7.89. The number of ether oxygens (including phenoxy) is 1. The van der Waals surface area contributed by atoms with Gasteiger partial charge >= 0.3 is 0 Å². The van der Waals surface area contributed by atoms with Crippen LogP contribution >= 0.6 is 0 Å². The van der Waals surface area contributed by atoms with Gasteiger partial charge in [0, 0.05) is 32.8 Å². The normalized spacial score (nSPS) is 25.0. The fraction of sp³-hybridized carbons (Fsp3) is 0.944. The summed E-state index contributed by atoms with van der Waals surface area (Å²) in [6, 6.07) is 0.410. The van der Waals surface area contributed by atoms with Gasteiger partial charge in [0.05, 0.1) is 11.9 Å². The predicted molar refractivity (Wildman–Crippen MR) is 106 cm³/mol.